The zero-order valence-electron chi connectivity index (χ0n) is 20.6. The van der Waals surface area contributed by atoms with Gasteiger partial charge in [0.25, 0.3) is 0 Å². The van der Waals surface area contributed by atoms with Crippen molar-refractivity contribution in [2.45, 2.75) is 88.0 Å². The molecule has 0 amide bonds. The third kappa shape index (κ3) is 6.50. The van der Waals surface area contributed by atoms with Crippen molar-refractivity contribution in [3.63, 3.8) is 0 Å². The molecule has 0 bridgehead atoms. The summed E-state index contributed by atoms with van der Waals surface area (Å²) < 4.78 is 33.4. The minimum Gasteiger partial charge on any atom is -0.507 e. The maximum atomic E-state index is 13.7. The first kappa shape index (κ1) is 27.1. The Morgan fingerprint density at radius 3 is 2.28 bits per heavy atom. The number of rotatable bonds is 10. The van der Waals surface area contributed by atoms with E-state index in [0.29, 0.717) is 17.4 Å². The Kier molecular flexibility index (Phi) is 9.12. The fourth-order valence-corrected chi connectivity index (χ4v) is 7.14. The molecule has 1 aromatic rings. The lowest BCUT2D eigenvalue weighted by Crippen LogP contribution is -2.33. The van der Waals surface area contributed by atoms with Crippen LogP contribution in [0, 0.1) is 17.8 Å². The van der Waals surface area contributed by atoms with E-state index in [1.54, 1.807) is 0 Å². The van der Waals surface area contributed by atoms with Gasteiger partial charge < -0.3 is 9.84 Å². The van der Waals surface area contributed by atoms with Crippen molar-refractivity contribution in [1.29, 1.82) is 0 Å². The molecular weight excluding hydrogens is 502 g/mol. The van der Waals surface area contributed by atoms with E-state index in [-0.39, 0.29) is 35.1 Å². The van der Waals surface area contributed by atoms with Crippen LogP contribution in [-0.4, -0.2) is 37.9 Å². The number of aliphatic hydroxyl groups is 1. The summed E-state index contributed by atoms with van der Waals surface area (Å²) in [6.45, 7) is 0.0481. The molecule has 2 unspecified atom stereocenters. The molecule has 198 valence electrons. The standard InChI is InChI=1S/C27H36ClNO6S/c28-20-11-13-21(14-12-20)36(33,34)29-16-15-22(19-9-5-2-6-10-19)25(30)24-26(31)23(35-27(24)32)17-18-7-3-1-4-8-18/h11-14,18-19,22-23,29,31H,1-10,15-17H2. The van der Waals surface area contributed by atoms with E-state index >= 15 is 0 Å². The number of ether oxygens (including phenoxy) is 1. The number of hydrogen-bond acceptors (Lipinski definition) is 6. The molecule has 0 aromatic heterocycles. The second kappa shape index (κ2) is 12.1. The van der Waals surface area contributed by atoms with Crippen LogP contribution in [0.4, 0.5) is 0 Å². The van der Waals surface area contributed by atoms with Crippen LogP contribution >= 0.6 is 11.6 Å². The summed E-state index contributed by atoms with van der Waals surface area (Å²) in [4.78, 5) is 26.5. The summed E-state index contributed by atoms with van der Waals surface area (Å²) in [7, 11) is -3.77. The summed E-state index contributed by atoms with van der Waals surface area (Å²) in [5.74, 6) is -1.54. The highest BCUT2D eigenvalue weighted by Gasteiger charge is 2.43. The molecule has 36 heavy (non-hydrogen) atoms. The summed E-state index contributed by atoms with van der Waals surface area (Å²) in [6.07, 6.45) is 10.4. The van der Waals surface area contributed by atoms with Gasteiger partial charge in [-0.3, -0.25) is 4.79 Å². The highest BCUT2D eigenvalue weighted by Crippen LogP contribution is 2.38. The smallest absolute Gasteiger partial charge is 0.346 e. The van der Waals surface area contributed by atoms with Crippen LogP contribution < -0.4 is 4.72 Å². The zero-order chi connectivity index (χ0) is 25.7. The number of nitrogens with one attached hydrogen (secondary N) is 1. The molecule has 2 saturated carbocycles. The molecule has 1 aliphatic heterocycles. The van der Waals surface area contributed by atoms with Crippen LogP contribution in [0.15, 0.2) is 40.5 Å². The SMILES string of the molecule is O=C1OC(CC2CCCCC2)C(O)=C1C(=O)C(CCNS(=O)(=O)c1ccc(Cl)cc1)C1CCCCC1. The molecule has 0 spiro atoms. The number of cyclic esters (lactones) is 1. The molecule has 0 radical (unpaired) electrons. The first-order valence-electron chi connectivity index (χ1n) is 13.2. The highest BCUT2D eigenvalue weighted by molar-refractivity contribution is 7.89. The minimum absolute atomic E-state index is 0.0387. The van der Waals surface area contributed by atoms with Crippen molar-refractivity contribution in [3.05, 3.63) is 40.6 Å². The van der Waals surface area contributed by atoms with Gasteiger partial charge in [0, 0.05) is 17.5 Å². The third-order valence-corrected chi connectivity index (χ3v) is 9.69. The number of aliphatic hydroxyl groups excluding tert-OH is 1. The molecule has 9 heteroatoms. The van der Waals surface area contributed by atoms with Crippen molar-refractivity contribution in [1.82, 2.24) is 4.72 Å². The molecule has 2 N–H and O–H groups in total. The Bertz CT molecular complexity index is 1070. The Hall–Kier alpha value is -1.90. The van der Waals surface area contributed by atoms with Gasteiger partial charge in [-0.1, -0.05) is 63.0 Å². The van der Waals surface area contributed by atoms with Gasteiger partial charge >= 0.3 is 5.97 Å². The van der Waals surface area contributed by atoms with E-state index in [9.17, 15) is 23.1 Å². The molecule has 1 aromatic carbocycles. The van der Waals surface area contributed by atoms with Gasteiger partial charge in [0.05, 0.1) is 4.90 Å². The Morgan fingerprint density at radius 2 is 1.64 bits per heavy atom. The quantitative estimate of drug-likeness (QED) is 0.302. The van der Waals surface area contributed by atoms with Gasteiger partial charge in [0.1, 0.15) is 5.57 Å². The van der Waals surface area contributed by atoms with Gasteiger partial charge in [-0.05, 0) is 61.8 Å². The maximum Gasteiger partial charge on any atom is 0.346 e. The number of Topliss-reactive ketones (excluding diaryl/α,β-unsaturated/α-hetero) is 1. The molecule has 2 atom stereocenters. The van der Waals surface area contributed by atoms with Crippen molar-refractivity contribution >= 4 is 33.4 Å². The first-order valence-corrected chi connectivity index (χ1v) is 15.1. The summed E-state index contributed by atoms with van der Waals surface area (Å²) >= 11 is 5.86. The first-order chi connectivity index (χ1) is 17.3. The lowest BCUT2D eigenvalue weighted by molar-refractivity contribution is -0.142. The van der Waals surface area contributed by atoms with Crippen LogP contribution in [0.3, 0.4) is 0 Å². The second-order valence-corrected chi connectivity index (χ2v) is 12.6. The number of hydrogen-bond donors (Lipinski definition) is 2. The number of benzene rings is 1. The van der Waals surface area contributed by atoms with E-state index in [2.05, 4.69) is 4.72 Å². The Morgan fingerprint density at radius 1 is 1.03 bits per heavy atom. The van der Waals surface area contributed by atoms with Crippen molar-refractivity contribution in [3.8, 4) is 0 Å². The molecule has 7 nitrogen and oxygen atoms in total. The van der Waals surface area contributed by atoms with Gasteiger partial charge in [-0.15, -0.1) is 0 Å². The molecular formula is C27H36ClNO6S. The fourth-order valence-electron chi connectivity index (χ4n) is 5.97. The van der Waals surface area contributed by atoms with Crippen molar-refractivity contribution in [2.24, 2.45) is 17.8 Å². The normalized spacial score (nSPS) is 23.0. The van der Waals surface area contributed by atoms with E-state index in [1.165, 1.54) is 30.7 Å². The fraction of sp³-hybridized carbons (Fsp3) is 0.630. The molecule has 2 aliphatic carbocycles. The number of sulfonamides is 1. The van der Waals surface area contributed by atoms with E-state index in [0.717, 1.165) is 57.8 Å². The molecule has 2 fully saturated rings. The Labute approximate surface area is 218 Å². The summed E-state index contributed by atoms with van der Waals surface area (Å²) in [6, 6.07) is 5.88. The maximum absolute atomic E-state index is 13.7. The van der Waals surface area contributed by atoms with Gasteiger partial charge in [0.2, 0.25) is 10.0 Å². The lowest BCUT2D eigenvalue weighted by atomic mass is 9.75. The number of halogens is 1. The molecule has 1 heterocycles. The van der Waals surface area contributed by atoms with Gasteiger partial charge in [0.15, 0.2) is 17.6 Å². The lowest BCUT2D eigenvalue weighted by Gasteiger charge is -2.29. The van der Waals surface area contributed by atoms with Gasteiger partial charge in [-0.25, -0.2) is 17.9 Å². The van der Waals surface area contributed by atoms with Crippen molar-refractivity contribution in [2.75, 3.05) is 6.54 Å². The number of ketones is 1. The van der Waals surface area contributed by atoms with Gasteiger partial charge in [-0.2, -0.15) is 0 Å². The van der Waals surface area contributed by atoms with Crippen LogP contribution in [0.2, 0.25) is 5.02 Å². The zero-order valence-corrected chi connectivity index (χ0v) is 22.2. The summed E-state index contributed by atoms with van der Waals surface area (Å²) in [5, 5.41) is 11.3. The van der Waals surface area contributed by atoms with Crippen LogP contribution in [0.25, 0.3) is 0 Å². The average molecular weight is 538 g/mol. The number of carbonyl (C=O) groups is 2. The molecule has 4 rings (SSSR count). The van der Waals surface area contributed by atoms with E-state index in [4.69, 9.17) is 16.3 Å². The summed E-state index contributed by atoms with van der Waals surface area (Å²) in [5.41, 5.74) is -0.230. The van der Waals surface area contributed by atoms with Crippen molar-refractivity contribution < 1.29 is 27.9 Å². The third-order valence-electron chi connectivity index (χ3n) is 7.96. The van der Waals surface area contributed by atoms with E-state index in [1.807, 2.05) is 0 Å². The van der Waals surface area contributed by atoms with Crippen LogP contribution in [-0.2, 0) is 24.3 Å². The predicted molar refractivity (Wildman–Crippen MR) is 137 cm³/mol. The monoisotopic (exact) mass is 537 g/mol. The average Bonchev–Trinajstić information content (AvgIpc) is 3.15. The largest absolute Gasteiger partial charge is 0.507 e. The van der Waals surface area contributed by atoms with E-state index < -0.39 is 33.8 Å². The Balaban J connectivity index is 1.47. The van der Waals surface area contributed by atoms with Crippen LogP contribution in [0.1, 0.15) is 77.0 Å². The molecule has 0 saturated heterocycles. The predicted octanol–water partition coefficient (Wildman–Crippen LogP) is 5.48. The molecule has 3 aliphatic rings. The topological polar surface area (TPSA) is 110 Å². The minimum atomic E-state index is -3.77. The number of esters is 1. The van der Waals surface area contributed by atoms with Crippen LogP contribution in [0.5, 0.6) is 0 Å². The number of carbonyl (C=O) groups excluding carboxylic acids is 2. The second-order valence-electron chi connectivity index (χ2n) is 10.4. The highest BCUT2D eigenvalue weighted by atomic mass is 35.5.